The van der Waals surface area contributed by atoms with Crippen LogP contribution >= 0.6 is 23.1 Å². The molecule has 0 spiro atoms. The quantitative estimate of drug-likeness (QED) is 0.821. The molecule has 2 rings (SSSR count). The van der Waals surface area contributed by atoms with Crippen LogP contribution in [0.3, 0.4) is 0 Å². The van der Waals surface area contributed by atoms with E-state index >= 15 is 0 Å². The van der Waals surface area contributed by atoms with E-state index in [4.69, 9.17) is 5.11 Å². The minimum absolute atomic E-state index is 0.0553. The van der Waals surface area contributed by atoms with E-state index in [1.807, 2.05) is 0 Å². The molecule has 1 atom stereocenters. The third kappa shape index (κ3) is 3.45. The Balaban J connectivity index is 2.40. The lowest BCUT2D eigenvalue weighted by atomic mass is 10.5. The first-order chi connectivity index (χ1) is 9.82. The number of hydrogen-bond donors (Lipinski definition) is 1. The number of sulfonamides is 1. The van der Waals surface area contributed by atoms with Crippen LogP contribution in [0.15, 0.2) is 16.3 Å². The van der Waals surface area contributed by atoms with Crippen molar-refractivity contribution in [3.8, 4) is 0 Å². The van der Waals surface area contributed by atoms with Gasteiger partial charge in [0, 0.05) is 34.1 Å². The summed E-state index contributed by atoms with van der Waals surface area (Å²) < 4.78 is 50.7. The van der Waals surface area contributed by atoms with E-state index in [-0.39, 0.29) is 29.6 Å². The van der Waals surface area contributed by atoms with Gasteiger partial charge in [-0.25, -0.2) is 16.8 Å². The minimum atomic E-state index is -3.85. The number of aliphatic hydroxyl groups excluding tert-OH is 1. The topological polar surface area (TPSA) is 91.8 Å². The Morgan fingerprint density at radius 3 is 2.67 bits per heavy atom. The second-order valence-corrected chi connectivity index (χ2v) is 11.0. The number of aliphatic hydroxyl groups is 1. The maximum absolute atomic E-state index is 12.7. The van der Waals surface area contributed by atoms with E-state index in [1.165, 1.54) is 30.1 Å². The van der Waals surface area contributed by atoms with E-state index < -0.39 is 25.2 Å². The third-order valence-electron chi connectivity index (χ3n) is 3.25. The molecule has 1 saturated heterocycles. The lowest BCUT2D eigenvalue weighted by Crippen LogP contribution is -2.50. The highest BCUT2D eigenvalue weighted by molar-refractivity contribution is 8.01. The van der Waals surface area contributed by atoms with Crippen molar-refractivity contribution in [1.29, 1.82) is 0 Å². The smallest absolute Gasteiger partial charge is 0.245 e. The highest BCUT2D eigenvalue weighted by atomic mass is 32.2. The van der Waals surface area contributed by atoms with Gasteiger partial charge in [-0.15, -0.1) is 11.3 Å². The largest absolute Gasteiger partial charge is 0.391 e. The molecule has 2 heterocycles. The van der Waals surface area contributed by atoms with E-state index in [0.29, 0.717) is 10.6 Å². The maximum atomic E-state index is 12.7. The highest BCUT2D eigenvalue weighted by Gasteiger charge is 2.40. The standard InChI is InChI=1S/C11H17NO5S4/c1-2-20(14,15)11-8-18-4-3-12(11)21(16,17)10-5-9(6-13)19-7-10/h5,7,11,13H,2-4,6,8H2,1H3. The SMILES string of the molecule is CCS(=O)(=O)C1CSCCN1S(=O)(=O)c1csc(CO)c1. The van der Waals surface area contributed by atoms with Crippen molar-refractivity contribution in [2.75, 3.05) is 23.8 Å². The summed E-state index contributed by atoms with van der Waals surface area (Å²) in [5.41, 5.74) is 0. The van der Waals surface area contributed by atoms with Gasteiger partial charge in [-0.2, -0.15) is 16.1 Å². The van der Waals surface area contributed by atoms with Gasteiger partial charge in [0.25, 0.3) is 0 Å². The summed E-state index contributed by atoms with van der Waals surface area (Å²) in [4.78, 5) is 0.592. The minimum Gasteiger partial charge on any atom is -0.391 e. The van der Waals surface area contributed by atoms with Gasteiger partial charge >= 0.3 is 0 Å². The Morgan fingerprint density at radius 1 is 1.38 bits per heavy atom. The Labute approximate surface area is 133 Å². The van der Waals surface area contributed by atoms with Crippen molar-refractivity contribution in [3.63, 3.8) is 0 Å². The molecule has 1 N–H and O–H groups in total. The van der Waals surface area contributed by atoms with E-state index in [9.17, 15) is 16.8 Å². The van der Waals surface area contributed by atoms with Crippen LogP contribution in [0.25, 0.3) is 0 Å². The summed E-state index contributed by atoms with van der Waals surface area (Å²) in [5.74, 6) is 0.744. The molecule has 120 valence electrons. The first kappa shape index (κ1) is 17.2. The normalized spacial score (nSPS) is 21.5. The fourth-order valence-electron chi connectivity index (χ4n) is 2.03. The Hall–Kier alpha value is -0.130. The summed E-state index contributed by atoms with van der Waals surface area (Å²) in [7, 11) is -7.33. The van der Waals surface area contributed by atoms with Crippen molar-refractivity contribution >= 4 is 43.0 Å². The van der Waals surface area contributed by atoms with Crippen molar-refractivity contribution in [2.45, 2.75) is 23.8 Å². The van der Waals surface area contributed by atoms with Crippen molar-refractivity contribution < 1.29 is 21.9 Å². The van der Waals surface area contributed by atoms with Crippen molar-refractivity contribution in [1.82, 2.24) is 4.31 Å². The summed E-state index contributed by atoms with van der Waals surface area (Å²) in [6.07, 6.45) is 0. The zero-order chi connectivity index (χ0) is 15.7. The molecule has 0 radical (unpaired) electrons. The predicted molar refractivity (Wildman–Crippen MR) is 84.7 cm³/mol. The van der Waals surface area contributed by atoms with Crippen LogP contribution in [0.4, 0.5) is 0 Å². The Bertz CT molecular complexity index is 694. The zero-order valence-corrected chi connectivity index (χ0v) is 14.7. The monoisotopic (exact) mass is 371 g/mol. The molecule has 1 aliphatic rings. The zero-order valence-electron chi connectivity index (χ0n) is 11.4. The average molecular weight is 372 g/mol. The molecule has 1 unspecified atom stereocenters. The molecule has 0 aliphatic carbocycles. The number of rotatable bonds is 5. The number of sulfone groups is 1. The molecule has 6 nitrogen and oxygen atoms in total. The molecule has 0 saturated carbocycles. The molecule has 0 aromatic carbocycles. The van der Waals surface area contributed by atoms with Crippen LogP contribution in [0.5, 0.6) is 0 Å². The first-order valence-electron chi connectivity index (χ1n) is 6.32. The molecular weight excluding hydrogens is 354 g/mol. The van der Waals surface area contributed by atoms with Crippen LogP contribution in [0.1, 0.15) is 11.8 Å². The predicted octanol–water partition coefficient (Wildman–Crippen LogP) is 0.739. The maximum Gasteiger partial charge on any atom is 0.245 e. The fourth-order valence-corrected chi connectivity index (χ4v) is 8.40. The van der Waals surface area contributed by atoms with E-state index in [0.717, 1.165) is 15.6 Å². The van der Waals surface area contributed by atoms with Gasteiger partial charge in [-0.05, 0) is 6.07 Å². The van der Waals surface area contributed by atoms with Crippen LogP contribution in [-0.4, -0.2) is 55.4 Å². The number of nitrogens with zero attached hydrogens (tertiary/aromatic N) is 1. The molecule has 1 fully saturated rings. The van der Waals surface area contributed by atoms with Gasteiger partial charge in [-0.3, -0.25) is 0 Å². The van der Waals surface area contributed by atoms with Crippen LogP contribution in [-0.2, 0) is 26.5 Å². The Morgan fingerprint density at radius 2 is 2.10 bits per heavy atom. The second-order valence-electron chi connectivity index (χ2n) is 4.50. The number of thioether (sulfide) groups is 1. The van der Waals surface area contributed by atoms with Crippen molar-refractivity contribution in [2.24, 2.45) is 0 Å². The molecule has 10 heteroatoms. The number of hydrogen-bond acceptors (Lipinski definition) is 7. The average Bonchev–Trinajstić information content (AvgIpc) is 2.97. The molecule has 1 aliphatic heterocycles. The lowest BCUT2D eigenvalue weighted by Gasteiger charge is -2.33. The summed E-state index contributed by atoms with van der Waals surface area (Å²) in [6, 6.07) is 1.40. The highest BCUT2D eigenvalue weighted by Crippen LogP contribution is 2.30. The number of thiophene rings is 1. The second kappa shape index (κ2) is 6.55. The van der Waals surface area contributed by atoms with Crippen molar-refractivity contribution in [3.05, 3.63) is 16.3 Å². The van der Waals surface area contributed by atoms with Gasteiger partial charge in [0.05, 0.1) is 11.5 Å². The van der Waals surface area contributed by atoms with E-state index in [2.05, 4.69) is 0 Å². The molecule has 0 amide bonds. The van der Waals surface area contributed by atoms with Gasteiger partial charge in [-0.1, -0.05) is 6.92 Å². The summed E-state index contributed by atoms with van der Waals surface area (Å²) >= 11 is 2.59. The third-order valence-corrected chi connectivity index (χ3v) is 9.63. The van der Waals surface area contributed by atoms with Gasteiger partial charge in [0.1, 0.15) is 5.37 Å². The van der Waals surface area contributed by atoms with Crippen LogP contribution in [0, 0.1) is 0 Å². The summed E-state index contributed by atoms with van der Waals surface area (Å²) in [6.45, 7) is 1.47. The lowest BCUT2D eigenvalue weighted by molar-refractivity contribution is 0.285. The Kier molecular flexibility index (Phi) is 5.37. The molecule has 0 bridgehead atoms. The van der Waals surface area contributed by atoms with Crippen LogP contribution in [0.2, 0.25) is 0 Å². The first-order valence-corrected chi connectivity index (χ1v) is 11.5. The van der Waals surface area contributed by atoms with Gasteiger partial charge < -0.3 is 5.11 Å². The molecule has 1 aromatic heterocycles. The van der Waals surface area contributed by atoms with Gasteiger partial charge in [0.15, 0.2) is 9.84 Å². The van der Waals surface area contributed by atoms with Crippen LogP contribution < -0.4 is 0 Å². The fraction of sp³-hybridized carbons (Fsp3) is 0.636. The summed E-state index contributed by atoms with van der Waals surface area (Å²) in [5, 5.41) is 9.48. The van der Waals surface area contributed by atoms with Gasteiger partial charge in [0.2, 0.25) is 10.0 Å². The molecule has 1 aromatic rings. The molecular formula is C11H17NO5S4. The molecule has 21 heavy (non-hydrogen) atoms. The van der Waals surface area contributed by atoms with E-state index in [1.54, 1.807) is 0 Å².